The molecule has 0 aromatic heterocycles. The largest absolute Gasteiger partial charge is 0.384 e. The molecule has 104 valence electrons. The van der Waals surface area contributed by atoms with Crippen LogP contribution in [0, 0.1) is 11.3 Å². The van der Waals surface area contributed by atoms with Crippen molar-refractivity contribution in [3.63, 3.8) is 0 Å². The highest BCUT2D eigenvalue weighted by Crippen LogP contribution is 2.33. The second-order valence-corrected chi connectivity index (χ2v) is 5.94. The molecule has 0 aromatic carbocycles. The molecule has 4 nitrogen and oxygen atoms in total. The van der Waals surface area contributed by atoms with Gasteiger partial charge in [0.05, 0.1) is 12.0 Å². The molecule has 4 heteroatoms. The van der Waals surface area contributed by atoms with Gasteiger partial charge in [0.2, 0.25) is 5.91 Å². The first-order chi connectivity index (χ1) is 8.68. The van der Waals surface area contributed by atoms with Gasteiger partial charge >= 0.3 is 0 Å². The predicted molar refractivity (Wildman–Crippen MR) is 71.4 cm³/mol. The second kappa shape index (κ2) is 6.02. The summed E-state index contributed by atoms with van der Waals surface area (Å²) in [5.74, 6) is 1.10. The summed E-state index contributed by atoms with van der Waals surface area (Å²) in [6.45, 7) is 6.56. The molecule has 0 unspecified atom stereocenters. The van der Waals surface area contributed by atoms with Gasteiger partial charge in [-0.15, -0.1) is 0 Å². The Morgan fingerprint density at radius 2 is 1.94 bits per heavy atom. The van der Waals surface area contributed by atoms with Crippen LogP contribution in [0.1, 0.15) is 32.6 Å². The molecule has 0 spiro atoms. The maximum atomic E-state index is 12.8. The van der Waals surface area contributed by atoms with Crippen molar-refractivity contribution in [2.45, 2.75) is 32.6 Å². The van der Waals surface area contributed by atoms with E-state index in [9.17, 15) is 4.79 Å². The number of ether oxygens (including phenoxy) is 1. The Morgan fingerprint density at radius 3 is 2.50 bits per heavy atom. The topological polar surface area (TPSA) is 41.6 Å². The Balaban J connectivity index is 2.03. The van der Waals surface area contributed by atoms with Crippen molar-refractivity contribution in [3.05, 3.63) is 0 Å². The molecule has 2 saturated heterocycles. The van der Waals surface area contributed by atoms with Gasteiger partial charge in [-0.05, 0) is 44.7 Å². The average Bonchev–Trinajstić information content (AvgIpc) is 2.40. The minimum atomic E-state index is -0.263. The van der Waals surface area contributed by atoms with Gasteiger partial charge in [-0.2, -0.15) is 0 Å². The van der Waals surface area contributed by atoms with Gasteiger partial charge in [0.1, 0.15) is 0 Å². The lowest BCUT2D eigenvalue weighted by atomic mass is 9.77. The summed E-state index contributed by atoms with van der Waals surface area (Å²) in [6.07, 6.45) is 4.11. The molecule has 2 fully saturated rings. The third-order valence-electron chi connectivity index (χ3n) is 4.51. The third-order valence-corrected chi connectivity index (χ3v) is 4.51. The highest BCUT2D eigenvalue weighted by atomic mass is 16.5. The van der Waals surface area contributed by atoms with Crippen molar-refractivity contribution in [2.75, 3.05) is 39.9 Å². The second-order valence-electron chi connectivity index (χ2n) is 5.94. The molecular formula is C14H26N2O2. The van der Waals surface area contributed by atoms with Crippen LogP contribution in [0.3, 0.4) is 0 Å². The monoisotopic (exact) mass is 254 g/mol. The Morgan fingerprint density at radius 1 is 1.33 bits per heavy atom. The number of amides is 1. The van der Waals surface area contributed by atoms with Crippen molar-refractivity contribution < 1.29 is 9.53 Å². The summed E-state index contributed by atoms with van der Waals surface area (Å²) in [4.78, 5) is 14.9. The summed E-state index contributed by atoms with van der Waals surface area (Å²) in [7, 11) is 1.70. The van der Waals surface area contributed by atoms with E-state index in [2.05, 4.69) is 17.1 Å². The van der Waals surface area contributed by atoms with Gasteiger partial charge in [-0.3, -0.25) is 4.79 Å². The minimum absolute atomic E-state index is 0.263. The smallest absolute Gasteiger partial charge is 0.231 e. The summed E-state index contributed by atoms with van der Waals surface area (Å²) in [5.41, 5.74) is -0.263. The van der Waals surface area contributed by atoms with Crippen LogP contribution in [-0.4, -0.2) is 50.7 Å². The van der Waals surface area contributed by atoms with Gasteiger partial charge in [-0.25, -0.2) is 0 Å². The lowest BCUT2D eigenvalue weighted by Gasteiger charge is -2.41. The van der Waals surface area contributed by atoms with Crippen LogP contribution < -0.4 is 5.32 Å². The normalized spacial score (nSPS) is 25.1. The fourth-order valence-electron chi connectivity index (χ4n) is 3.15. The zero-order valence-electron chi connectivity index (χ0n) is 11.7. The van der Waals surface area contributed by atoms with E-state index in [-0.39, 0.29) is 5.41 Å². The van der Waals surface area contributed by atoms with Crippen LogP contribution in [0.4, 0.5) is 0 Å². The molecule has 0 aliphatic carbocycles. The van der Waals surface area contributed by atoms with E-state index < -0.39 is 0 Å². The molecule has 1 N–H and O–H groups in total. The molecule has 2 heterocycles. The number of carbonyl (C=O) groups excluding carboxylic acids is 1. The molecule has 0 atom stereocenters. The molecule has 1 amide bonds. The van der Waals surface area contributed by atoms with E-state index >= 15 is 0 Å². The fraction of sp³-hybridized carbons (Fsp3) is 0.929. The van der Waals surface area contributed by atoms with Crippen molar-refractivity contribution in [3.8, 4) is 0 Å². The van der Waals surface area contributed by atoms with Crippen LogP contribution >= 0.6 is 0 Å². The number of piperidine rings is 2. The van der Waals surface area contributed by atoms with Gasteiger partial charge in [-0.1, -0.05) is 6.92 Å². The van der Waals surface area contributed by atoms with Gasteiger partial charge in [0, 0.05) is 20.2 Å². The standard InChI is InChI=1S/C14H26N2O2/c1-12-3-9-16(10-4-12)13(17)14(11-18-2)5-7-15-8-6-14/h12,15H,3-11H2,1-2H3. The fourth-order valence-corrected chi connectivity index (χ4v) is 3.15. The summed E-state index contributed by atoms with van der Waals surface area (Å²) in [6, 6.07) is 0. The Bertz CT molecular complexity index is 274. The Kier molecular flexibility index (Phi) is 4.62. The van der Waals surface area contributed by atoms with Gasteiger partial charge < -0.3 is 15.0 Å². The van der Waals surface area contributed by atoms with Crippen molar-refractivity contribution in [2.24, 2.45) is 11.3 Å². The average molecular weight is 254 g/mol. The summed E-state index contributed by atoms with van der Waals surface area (Å²) >= 11 is 0. The number of carbonyl (C=O) groups is 1. The maximum absolute atomic E-state index is 12.8. The predicted octanol–water partition coefficient (Wildman–Crippen LogP) is 1.26. The van der Waals surface area contributed by atoms with E-state index in [1.54, 1.807) is 7.11 Å². The molecule has 2 rings (SSSR count). The van der Waals surface area contributed by atoms with Crippen LogP contribution in [0.25, 0.3) is 0 Å². The van der Waals surface area contributed by atoms with E-state index in [4.69, 9.17) is 4.74 Å². The van der Waals surface area contributed by atoms with E-state index in [1.165, 1.54) is 0 Å². The van der Waals surface area contributed by atoms with E-state index in [0.717, 1.165) is 57.8 Å². The highest BCUT2D eigenvalue weighted by Gasteiger charge is 2.42. The lowest BCUT2D eigenvalue weighted by Crippen LogP contribution is -2.53. The number of methoxy groups -OCH3 is 1. The Hall–Kier alpha value is -0.610. The zero-order chi connectivity index (χ0) is 13.0. The van der Waals surface area contributed by atoms with Crippen molar-refractivity contribution in [1.29, 1.82) is 0 Å². The highest BCUT2D eigenvalue weighted by molar-refractivity contribution is 5.83. The van der Waals surface area contributed by atoms with Crippen molar-refractivity contribution >= 4 is 5.91 Å². The molecular weight excluding hydrogens is 228 g/mol. The SMILES string of the molecule is COCC1(C(=O)N2CCC(C)CC2)CCNCC1. The molecule has 18 heavy (non-hydrogen) atoms. The number of hydrogen-bond donors (Lipinski definition) is 1. The molecule has 0 saturated carbocycles. The summed E-state index contributed by atoms with van der Waals surface area (Å²) < 4.78 is 5.34. The number of nitrogens with one attached hydrogen (secondary N) is 1. The maximum Gasteiger partial charge on any atom is 0.231 e. The van der Waals surface area contributed by atoms with Crippen LogP contribution in [0.5, 0.6) is 0 Å². The minimum Gasteiger partial charge on any atom is -0.384 e. The first-order valence-electron chi connectivity index (χ1n) is 7.17. The zero-order valence-corrected chi connectivity index (χ0v) is 11.7. The molecule has 2 aliphatic rings. The number of rotatable bonds is 3. The van der Waals surface area contributed by atoms with Gasteiger partial charge in [0.25, 0.3) is 0 Å². The van der Waals surface area contributed by atoms with Crippen LogP contribution in [0.15, 0.2) is 0 Å². The quantitative estimate of drug-likeness (QED) is 0.824. The first kappa shape index (κ1) is 13.8. The number of hydrogen-bond acceptors (Lipinski definition) is 3. The van der Waals surface area contributed by atoms with Crippen LogP contribution in [-0.2, 0) is 9.53 Å². The Labute approximate surface area is 110 Å². The first-order valence-corrected chi connectivity index (χ1v) is 7.17. The third kappa shape index (κ3) is 2.86. The summed E-state index contributed by atoms with van der Waals surface area (Å²) in [5, 5.41) is 3.34. The molecule has 0 bridgehead atoms. The molecule has 0 radical (unpaired) electrons. The van der Waals surface area contributed by atoms with E-state index in [0.29, 0.717) is 12.5 Å². The van der Waals surface area contributed by atoms with E-state index in [1.807, 2.05) is 0 Å². The van der Waals surface area contributed by atoms with Crippen LogP contribution in [0.2, 0.25) is 0 Å². The number of nitrogens with zero attached hydrogens (tertiary/aromatic N) is 1. The molecule has 0 aromatic rings. The molecule has 2 aliphatic heterocycles. The van der Waals surface area contributed by atoms with Crippen molar-refractivity contribution in [1.82, 2.24) is 10.2 Å². The van der Waals surface area contributed by atoms with Gasteiger partial charge in [0.15, 0.2) is 0 Å². The lowest BCUT2D eigenvalue weighted by molar-refractivity contribution is -0.149. The number of likely N-dealkylation sites (tertiary alicyclic amines) is 1.